The number of unbranched alkanes of at least 4 members (excludes halogenated alkanes) is 27. The quantitative estimate of drug-likeness (QED) is 0.0483. The van der Waals surface area contributed by atoms with Crippen molar-refractivity contribution < 1.29 is 29.7 Å². The average molecular weight is 791 g/mol. The van der Waals surface area contributed by atoms with Gasteiger partial charge in [0.2, 0.25) is 0 Å². The monoisotopic (exact) mass is 790 g/mol. The van der Waals surface area contributed by atoms with Crippen molar-refractivity contribution in [1.29, 1.82) is 0 Å². The van der Waals surface area contributed by atoms with E-state index in [9.17, 15) is 29.7 Å². The minimum absolute atomic E-state index is 0. The predicted molar refractivity (Wildman–Crippen MR) is 204 cm³/mol. The minimum Gasteiger partial charge on any atom is -0.545 e. The van der Waals surface area contributed by atoms with Gasteiger partial charge < -0.3 is 29.7 Å². The Hall–Kier alpha value is -1.50. The fourth-order valence-corrected chi connectivity index (χ4v) is 5.26. The molecular formula is C42H75InO6. The molecule has 0 bridgehead atoms. The molecule has 49 heavy (non-hydrogen) atoms. The van der Waals surface area contributed by atoms with Gasteiger partial charge >= 0.3 is 25.8 Å². The molecule has 0 radical (unpaired) electrons. The van der Waals surface area contributed by atoms with Gasteiger partial charge in [0.15, 0.2) is 0 Å². The summed E-state index contributed by atoms with van der Waals surface area (Å²) >= 11 is 0. The summed E-state index contributed by atoms with van der Waals surface area (Å²) in [5, 5.41) is 30.2. The fraction of sp³-hybridized carbons (Fsp3) is 0.786. The molecule has 0 aromatic rings. The fourth-order valence-electron chi connectivity index (χ4n) is 5.26. The van der Waals surface area contributed by atoms with Crippen LogP contribution < -0.4 is 15.3 Å². The molecule has 0 atom stereocenters. The molecule has 0 spiro atoms. The summed E-state index contributed by atoms with van der Waals surface area (Å²) in [6.45, 7) is 6.71. The number of carbonyl (C=O) groups excluding carboxylic acids is 3. The largest absolute Gasteiger partial charge is 3.00 e. The Bertz CT molecular complexity index is 662. The molecule has 282 valence electrons. The maximum Gasteiger partial charge on any atom is 3.00 e. The molecule has 0 aliphatic carbocycles. The number of carbonyl (C=O) groups is 3. The van der Waals surface area contributed by atoms with Crippen LogP contribution in [0.15, 0.2) is 36.5 Å². The van der Waals surface area contributed by atoms with Crippen molar-refractivity contribution >= 4 is 43.8 Å². The molecule has 0 rings (SSSR count). The van der Waals surface area contributed by atoms with Crippen molar-refractivity contribution in [1.82, 2.24) is 0 Å². The Morgan fingerprint density at radius 2 is 0.490 bits per heavy atom. The van der Waals surface area contributed by atoms with Crippen molar-refractivity contribution in [3.8, 4) is 0 Å². The summed E-state index contributed by atoms with van der Waals surface area (Å²) in [5.41, 5.74) is 0. The zero-order chi connectivity index (χ0) is 36.2. The second-order valence-corrected chi connectivity index (χ2v) is 13.0. The third kappa shape index (κ3) is 65.5. The van der Waals surface area contributed by atoms with Crippen molar-refractivity contribution in [2.75, 3.05) is 0 Å². The summed E-state index contributed by atoms with van der Waals surface area (Å²) < 4.78 is 0. The molecule has 0 aromatic carbocycles. The normalized spacial score (nSPS) is 10.8. The second kappa shape index (κ2) is 50.9. The summed E-state index contributed by atoms with van der Waals surface area (Å²) in [6.07, 6.45) is 46.2. The van der Waals surface area contributed by atoms with Gasteiger partial charge in [0.25, 0.3) is 0 Å². The topological polar surface area (TPSA) is 120 Å². The first kappa shape index (κ1) is 54.3. The van der Waals surface area contributed by atoms with Gasteiger partial charge in [-0.2, -0.15) is 0 Å². The molecule has 0 aliphatic rings. The Morgan fingerprint density at radius 3 is 0.653 bits per heavy atom. The Balaban J connectivity index is -0.000000307. The van der Waals surface area contributed by atoms with Gasteiger partial charge in [-0.25, -0.2) is 0 Å². The van der Waals surface area contributed by atoms with E-state index in [1.807, 2.05) is 0 Å². The molecule has 6 nitrogen and oxygen atoms in total. The maximum atomic E-state index is 10.1. The first-order chi connectivity index (χ1) is 23.3. The van der Waals surface area contributed by atoms with Gasteiger partial charge in [-0.1, -0.05) is 193 Å². The number of hydrogen-bond acceptors (Lipinski definition) is 6. The molecule has 0 saturated carbocycles. The Labute approximate surface area is 321 Å². The van der Waals surface area contributed by atoms with Crippen molar-refractivity contribution in [2.24, 2.45) is 0 Å². The number of hydrogen-bond donors (Lipinski definition) is 0. The first-order valence-electron chi connectivity index (χ1n) is 19.9. The molecule has 0 heterocycles. The number of aliphatic carboxylic acids is 3. The summed E-state index contributed by atoms with van der Waals surface area (Å²) in [6, 6.07) is 0. The van der Waals surface area contributed by atoms with Crippen LogP contribution in [0.3, 0.4) is 0 Å². The van der Waals surface area contributed by atoms with E-state index in [4.69, 9.17) is 0 Å². The number of rotatable bonds is 33. The van der Waals surface area contributed by atoms with E-state index in [1.54, 1.807) is 18.2 Å². The Morgan fingerprint density at radius 1 is 0.327 bits per heavy atom. The van der Waals surface area contributed by atoms with Crippen LogP contribution in [0.1, 0.15) is 213 Å². The van der Waals surface area contributed by atoms with Crippen molar-refractivity contribution in [3.05, 3.63) is 36.5 Å². The van der Waals surface area contributed by atoms with Crippen LogP contribution in [0.5, 0.6) is 0 Å². The van der Waals surface area contributed by atoms with Gasteiger partial charge in [0.1, 0.15) is 0 Å². The van der Waals surface area contributed by atoms with E-state index in [0.29, 0.717) is 0 Å². The smallest absolute Gasteiger partial charge is 0.545 e. The summed E-state index contributed by atoms with van der Waals surface area (Å²) in [4.78, 5) is 30.2. The van der Waals surface area contributed by atoms with Crippen LogP contribution in [0, 0.1) is 0 Å². The minimum atomic E-state index is -1.09. The van der Waals surface area contributed by atoms with E-state index in [2.05, 4.69) is 20.8 Å². The van der Waals surface area contributed by atoms with Crippen LogP contribution in [-0.2, 0) is 14.4 Å². The SMILES string of the molecule is CCCCCCCCCCCC=CC(=O)[O-].CCCCCCCCCCCC=CC(=O)[O-].CCCCCCCCCCCC=CC(=O)[O-].[In+3]. The third-order valence-electron chi connectivity index (χ3n) is 8.18. The molecule has 0 aliphatic heterocycles. The molecule has 0 unspecified atom stereocenters. The number of carboxylic acid groups (broad SMARTS) is 3. The van der Waals surface area contributed by atoms with Crippen LogP contribution in [0.4, 0.5) is 0 Å². The van der Waals surface area contributed by atoms with E-state index in [0.717, 1.165) is 56.8 Å². The average Bonchev–Trinajstić information content (AvgIpc) is 3.05. The zero-order valence-corrected chi connectivity index (χ0v) is 35.5. The predicted octanol–water partition coefficient (Wildman–Crippen LogP) is 9.26. The van der Waals surface area contributed by atoms with Gasteiger partial charge in [-0.15, -0.1) is 0 Å². The molecule has 7 heteroatoms. The van der Waals surface area contributed by atoms with Gasteiger partial charge in [0, 0.05) is 0 Å². The van der Waals surface area contributed by atoms with E-state index in [1.165, 1.54) is 154 Å². The number of carboxylic acids is 3. The maximum absolute atomic E-state index is 10.1. The van der Waals surface area contributed by atoms with E-state index < -0.39 is 17.9 Å². The molecule has 0 fully saturated rings. The third-order valence-corrected chi connectivity index (χ3v) is 8.18. The van der Waals surface area contributed by atoms with Gasteiger partial charge in [0.05, 0.1) is 17.9 Å². The van der Waals surface area contributed by atoms with Crippen LogP contribution in [0.2, 0.25) is 0 Å². The molecular weight excluding hydrogens is 715 g/mol. The number of allylic oxidation sites excluding steroid dienone is 3. The standard InChI is InChI=1S/3C14H26O2.In/c3*1-2-3-4-5-6-7-8-9-10-11-12-13-14(15)16;/h3*12-13H,2-11H2,1H3,(H,15,16);/q;;;+3/p-3. The second-order valence-electron chi connectivity index (χ2n) is 13.0. The van der Waals surface area contributed by atoms with E-state index >= 15 is 0 Å². The van der Waals surface area contributed by atoms with Gasteiger partial charge in [-0.3, -0.25) is 0 Å². The van der Waals surface area contributed by atoms with Crippen LogP contribution in [0.25, 0.3) is 0 Å². The molecule has 0 aromatic heterocycles. The molecule has 0 N–H and O–H groups in total. The molecule has 0 saturated heterocycles. The van der Waals surface area contributed by atoms with Crippen LogP contribution >= 0.6 is 0 Å². The van der Waals surface area contributed by atoms with Crippen molar-refractivity contribution in [2.45, 2.75) is 213 Å². The molecule has 0 amide bonds. The summed E-state index contributed by atoms with van der Waals surface area (Å²) in [7, 11) is 0. The Kier molecular flexibility index (Phi) is 56.4. The van der Waals surface area contributed by atoms with Crippen molar-refractivity contribution in [3.63, 3.8) is 0 Å². The first-order valence-corrected chi connectivity index (χ1v) is 19.9. The zero-order valence-electron chi connectivity index (χ0n) is 32.2. The van der Waals surface area contributed by atoms with Gasteiger partial charge in [-0.05, 0) is 56.8 Å². The summed E-state index contributed by atoms with van der Waals surface area (Å²) in [5.74, 6) is -3.26. The van der Waals surface area contributed by atoms with Crippen LogP contribution in [-0.4, -0.2) is 43.8 Å². The van der Waals surface area contributed by atoms with E-state index in [-0.39, 0.29) is 25.8 Å².